The summed E-state index contributed by atoms with van der Waals surface area (Å²) in [5.41, 5.74) is 0.646. The van der Waals surface area contributed by atoms with E-state index < -0.39 is 0 Å². The molecule has 15 heavy (non-hydrogen) atoms. The highest BCUT2D eigenvalue weighted by Crippen LogP contribution is 2.61. The smallest absolute Gasteiger partial charge is 0.0827 e. The van der Waals surface area contributed by atoms with Gasteiger partial charge >= 0.3 is 0 Å². The van der Waals surface area contributed by atoms with Crippen LogP contribution >= 0.6 is 0 Å². The molecule has 0 amide bonds. The predicted molar refractivity (Wildman–Crippen MR) is 58.2 cm³/mol. The van der Waals surface area contributed by atoms with Gasteiger partial charge in [-0.2, -0.15) is 0 Å². The lowest BCUT2D eigenvalue weighted by Gasteiger charge is -2.57. The zero-order valence-electron chi connectivity index (χ0n) is 9.71. The van der Waals surface area contributed by atoms with Crippen molar-refractivity contribution in [3.05, 3.63) is 0 Å². The first kappa shape index (κ1) is 10.1. The first-order valence-corrected chi connectivity index (χ1v) is 6.45. The molecule has 2 heteroatoms. The normalized spacial score (nSPS) is 47.4. The number of hydrogen-bond acceptors (Lipinski definition) is 2. The van der Waals surface area contributed by atoms with Crippen molar-refractivity contribution in [2.75, 3.05) is 13.7 Å². The average molecular weight is 210 g/mol. The molecule has 0 aromatic heterocycles. The highest BCUT2D eigenvalue weighted by Gasteiger charge is 2.50. The van der Waals surface area contributed by atoms with Gasteiger partial charge in [-0.15, -0.1) is 0 Å². The van der Waals surface area contributed by atoms with Gasteiger partial charge in [0.05, 0.1) is 13.7 Å². The van der Waals surface area contributed by atoms with E-state index in [2.05, 4.69) is 0 Å². The molecular formula is C13H22O2. The Morgan fingerprint density at radius 3 is 2.00 bits per heavy atom. The third-order valence-corrected chi connectivity index (χ3v) is 5.00. The van der Waals surface area contributed by atoms with Crippen molar-refractivity contribution in [2.45, 2.75) is 44.9 Å². The molecule has 2 nitrogen and oxygen atoms in total. The first-order valence-electron chi connectivity index (χ1n) is 6.45. The van der Waals surface area contributed by atoms with Crippen LogP contribution in [0, 0.1) is 23.2 Å². The van der Waals surface area contributed by atoms with Gasteiger partial charge < -0.3 is 0 Å². The largest absolute Gasteiger partial charge is 0.240 e. The molecule has 4 rings (SSSR count). The fourth-order valence-corrected chi connectivity index (χ4v) is 4.94. The fraction of sp³-hybridized carbons (Fsp3) is 1.00. The predicted octanol–water partition coefficient (Wildman–Crippen LogP) is 3.17. The van der Waals surface area contributed by atoms with Crippen LogP contribution in [0.2, 0.25) is 0 Å². The summed E-state index contributed by atoms with van der Waals surface area (Å²) in [5.74, 6) is 3.16. The molecule has 4 saturated carbocycles. The van der Waals surface area contributed by atoms with Crippen LogP contribution < -0.4 is 0 Å². The maximum atomic E-state index is 5.07. The van der Waals surface area contributed by atoms with E-state index in [9.17, 15) is 0 Å². The molecule has 0 aromatic rings. The zero-order valence-corrected chi connectivity index (χ0v) is 9.71. The van der Waals surface area contributed by atoms with Crippen LogP contribution in [-0.4, -0.2) is 13.7 Å². The van der Waals surface area contributed by atoms with Crippen LogP contribution in [0.1, 0.15) is 44.9 Å². The van der Waals surface area contributed by atoms with E-state index in [1.807, 2.05) is 0 Å². The molecule has 0 aromatic carbocycles. The van der Waals surface area contributed by atoms with Gasteiger partial charge in [-0.1, -0.05) is 0 Å². The molecule has 4 bridgehead atoms. The molecule has 0 atom stereocenters. The highest BCUT2D eigenvalue weighted by atomic mass is 17.2. The second-order valence-corrected chi connectivity index (χ2v) is 6.16. The fourth-order valence-electron chi connectivity index (χ4n) is 4.94. The Bertz CT molecular complexity index is 201. The third-order valence-electron chi connectivity index (χ3n) is 5.00. The topological polar surface area (TPSA) is 18.5 Å². The van der Waals surface area contributed by atoms with Crippen LogP contribution in [-0.2, 0) is 9.78 Å². The van der Waals surface area contributed by atoms with Crippen molar-refractivity contribution < 1.29 is 9.78 Å². The van der Waals surface area contributed by atoms with Crippen LogP contribution in [0.4, 0.5) is 0 Å². The number of rotatable bonds is 4. The molecule has 0 aliphatic heterocycles. The molecule has 0 N–H and O–H groups in total. The van der Waals surface area contributed by atoms with Crippen molar-refractivity contribution in [3.63, 3.8) is 0 Å². The third kappa shape index (κ3) is 1.83. The van der Waals surface area contributed by atoms with E-state index in [0.29, 0.717) is 5.41 Å². The Morgan fingerprint density at radius 1 is 1.00 bits per heavy atom. The zero-order chi connectivity index (χ0) is 10.3. The summed E-state index contributed by atoms with van der Waals surface area (Å²) in [6, 6.07) is 0. The lowest BCUT2D eigenvalue weighted by atomic mass is 9.49. The van der Waals surface area contributed by atoms with Gasteiger partial charge in [-0.3, -0.25) is 0 Å². The number of hydrogen-bond donors (Lipinski definition) is 0. The van der Waals surface area contributed by atoms with Gasteiger partial charge in [0, 0.05) is 0 Å². The molecular weight excluding hydrogens is 188 g/mol. The maximum absolute atomic E-state index is 5.07. The quantitative estimate of drug-likeness (QED) is 0.403. The van der Waals surface area contributed by atoms with Crippen LogP contribution in [0.15, 0.2) is 0 Å². The minimum atomic E-state index is 0.646. The van der Waals surface area contributed by atoms with Crippen molar-refractivity contribution in [3.8, 4) is 0 Å². The van der Waals surface area contributed by atoms with Crippen LogP contribution in [0.25, 0.3) is 0 Å². The van der Waals surface area contributed by atoms with E-state index in [1.165, 1.54) is 44.9 Å². The lowest BCUT2D eigenvalue weighted by molar-refractivity contribution is -0.278. The first-order chi connectivity index (χ1) is 7.30. The Labute approximate surface area is 92.3 Å². The van der Waals surface area contributed by atoms with Gasteiger partial charge in [0.2, 0.25) is 0 Å². The maximum Gasteiger partial charge on any atom is 0.0827 e. The van der Waals surface area contributed by atoms with E-state index in [-0.39, 0.29) is 0 Å². The van der Waals surface area contributed by atoms with Crippen molar-refractivity contribution >= 4 is 0 Å². The summed E-state index contributed by atoms with van der Waals surface area (Å²) in [5, 5.41) is 0. The summed E-state index contributed by atoms with van der Waals surface area (Å²) in [7, 11) is 1.61. The summed E-state index contributed by atoms with van der Waals surface area (Å²) in [4.78, 5) is 9.78. The van der Waals surface area contributed by atoms with Gasteiger partial charge in [0.15, 0.2) is 0 Å². The molecule has 4 aliphatic rings. The van der Waals surface area contributed by atoms with E-state index in [1.54, 1.807) is 7.11 Å². The van der Waals surface area contributed by atoms with Crippen LogP contribution in [0.5, 0.6) is 0 Å². The monoisotopic (exact) mass is 210 g/mol. The molecule has 0 spiro atoms. The van der Waals surface area contributed by atoms with Gasteiger partial charge in [-0.05, 0) is 68.1 Å². The Balaban J connectivity index is 1.65. The molecule has 0 unspecified atom stereocenters. The van der Waals surface area contributed by atoms with E-state index >= 15 is 0 Å². The molecule has 0 radical (unpaired) electrons. The Morgan fingerprint density at radius 2 is 1.53 bits per heavy atom. The van der Waals surface area contributed by atoms with Gasteiger partial charge in [0.1, 0.15) is 0 Å². The average Bonchev–Trinajstić information content (AvgIpc) is 2.15. The van der Waals surface area contributed by atoms with E-state index in [4.69, 9.17) is 9.78 Å². The second kappa shape index (κ2) is 3.74. The summed E-state index contributed by atoms with van der Waals surface area (Å²) < 4.78 is 0. The van der Waals surface area contributed by atoms with Crippen molar-refractivity contribution in [1.82, 2.24) is 0 Å². The Hall–Kier alpha value is -0.0800. The molecule has 0 heterocycles. The molecule has 0 saturated heterocycles. The van der Waals surface area contributed by atoms with Crippen LogP contribution in [0.3, 0.4) is 0 Å². The molecule has 4 fully saturated rings. The summed E-state index contributed by atoms with van der Waals surface area (Å²) in [6.45, 7) is 0.794. The lowest BCUT2D eigenvalue weighted by Crippen LogP contribution is -2.46. The van der Waals surface area contributed by atoms with Crippen molar-refractivity contribution in [2.24, 2.45) is 23.2 Å². The Kier molecular flexibility index (Phi) is 2.52. The SMILES string of the molecule is COOCCC12CC3CC(CC(C3)C1)C2. The summed E-state index contributed by atoms with van der Waals surface area (Å²) >= 11 is 0. The van der Waals surface area contributed by atoms with Gasteiger partial charge in [0.25, 0.3) is 0 Å². The molecule has 4 aliphatic carbocycles. The molecule has 86 valence electrons. The second-order valence-electron chi connectivity index (χ2n) is 6.16. The highest BCUT2D eigenvalue weighted by molar-refractivity contribution is 5.01. The van der Waals surface area contributed by atoms with E-state index in [0.717, 1.165) is 24.4 Å². The minimum Gasteiger partial charge on any atom is -0.240 e. The van der Waals surface area contributed by atoms with Gasteiger partial charge in [-0.25, -0.2) is 9.78 Å². The van der Waals surface area contributed by atoms with Crippen molar-refractivity contribution in [1.29, 1.82) is 0 Å². The standard InChI is InChI=1S/C13H22O2/c1-14-15-3-2-13-7-10-4-11(8-13)6-12(5-10)9-13/h10-12H,2-9H2,1H3. The minimum absolute atomic E-state index is 0.646. The summed E-state index contributed by atoms with van der Waals surface area (Å²) in [6.07, 6.45) is 10.3.